The van der Waals surface area contributed by atoms with E-state index in [1.165, 1.54) is 0 Å². The zero-order chi connectivity index (χ0) is 14.4. The first-order chi connectivity index (χ1) is 9.78. The number of ether oxygens (including phenoxy) is 2. The molecule has 0 aliphatic rings. The van der Waals surface area contributed by atoms with E-state index in [4.69, 9.17) is 14.7 Å². The first kappa shape index (κ1) is 13.8. The average molecular weight is 268 g/mol. The number of anilines is 1. The van der Waals surface area contributed by atoms with Crippen LogP contribution in [-0.2, 0) is 6.54 Å². The number of nitrogens with one attached hydrogen (secondary N) is 1. The van der Waals surface area contributed by atoms with Crippen molar-refractivity contribution in [3.8, 4) is 17.6 Å². The molecular weight excluding hydrogens is 252 g/mol. The topological polar surface area (TPSA) is 54.3 Å². The highest BCUT2D eigenvalue weighted by Gasteiger charge is 2.06. The van der Waals surface area contributed by atoms with Gasteiger partial charge in [0.1, 0.15) is 11.5 Å². The zero-order valence-corrected chi connectivity index (χ0v) is 11.5. The van der Waals surface area contributed by atoms with E-state index in [-0.39, 0.29) is 0 Å². The molecule has 2 aromatic carbocycles. The van der Waals surface area contributed by atoms with Gasteiger partial charge in [-0.3, -0.25) is 0 Å². The van der Waals surface area contributed by atoms with Crippen molar-refractivity contribution in [3.05, 3.63) is 53.6 Å². The van der Waals surface area contributed by atoms with Crippen LogP contribution in [0.25, 0.3) is 0 Å². The van der Waals surface area contributed by atoms with Crippen LogP contribution < -0.4 is 14.8 Å². The van der Waals surface area contributed by atoms with E-state index in [0.717, 1.165) is 17.0 Å². The molecule has 0 saturated carbocycles. The molecule has 0 heterocycles. The molecule has 4 nitrogen and oxygen atoms in total. The minimum Gasteiger partial charge on any atom is -0.496 e. The average Bonchev–Trinajstić information content (AvgIpc) is 2.52. The molecule has 0 unspecified atom stereocenters. The Bertz CT molecular complexity index is 633. The Kier molecular flexibility index (Phi) is 4.46. The Balaban J connectivity index is 2.17. The van der Waals surface area contributed by atoms with Gasteiger partial charge in [0.15, 0.2) is 0 Å². The third kappa shape index (κ3) is 3.01. The monoisotopic (exact) mass is 268 g/mol. The molecule has 102 valence electrons. The molecule has 0 aliphatic heterocycles. The van der Waals surface area contributed by atoms with Crippen LogP contribution in [0.4, 0.5) is 5.69 Å². The molecule has 0 atom stereocenters. The number of methoxy groups -OCH3 is 2. The van der Waals surface area contributed by atoms with Crippen LogP contribution in [0.2, 0.25) is 0 Å². The first-order valence-corrected chi connectivity index (χ1v) is 6.22. The summed E-state index contributed by atoms with van der Waals surface area (Å²) in [6.07, 6.45) is 0. The number of benzene rings is 2. The molecule has 0 aliphatic carbocycles. The molecular formula is C16H16N2O2. The van der Waals surface area contributed by atoms with E-state index in [1.54, 1.807) is 26.4 Å². The van der Waals surface area contributed by atoms with Gasteiger partial charge in [-0.25, -0.2) is 0 Å². The summed E-state index contributed by atoms with van der Waals surface area (Å²) in [5.74, 6) is 1.49. The third-order valence-electron chi connectivity index (χ3n) is 2.99. The van der Waals surface area contributed by atoms with Crippen LogP contribution in [0.3, 0.4) is 0 Å². The number of rotatable bonds is 5. The first-order valence-electron chi connectivity index (χ1n) is 6.22. The van der Waals surface area contributed by atoms with Crippen LogP contribution in [-0.4, -0.2) is 14.2 Å². The summed E-state index contributed by atoms with van der Waals surface area (Å²) in [4.78, 5) is 0. The van der Waals surface area contributed by atoms with E-state index >= 15 is 0 Å². The van der Waals surface area contributed by atoms with Gasteiger partial charge >= 0.3 is 0 Å². The number of hydrogen-bond donors (Lipinski definition) is 1. The van der Waals surface area contributed by atoms with E-state index in [0.29, 0.717) is 17.9 Å². The molecule has 1 N–H and O–H groups in total. The van der Waals surface area contributed by atoms with Crippen molar-refractivity contribution in [1.82, 2.24) is 0 Å². The Hall–Kier alpha value is -2.67. The summed E-state index contributed by atoms with van der Waals surface area (Å²) >= 11 is 0. The number of nitriles is 1. The van der Waals surface area contributed by atoms with Crippen molar-refractivity contribution < 1.29 is 9.47 Å². The summed E-state index contributed by atoms with van der Waals surface area (Å²) in [6, 6.07) is 15.2. The van der Waals surface area contributed by atoms with Crippen molar-refractivity contribution in [1.29, 1.82) is 5.26 Å². The highest BCUT2D eigenvalue weighted by molar-refractivity contribution is 5.59. The zero-order valence-electron chi connectivity index (χ0n) is 11.5. The largest absolute Gasteiger partial charge is 0.496 e. The van der Waals surface area contributed by atoms with Gasteiger partial charge in [0, 0.05) is 18.2 Å². The maximum Gasteiger partial charge on any atom is 0.143 e. The van der Waals surface area contributed by atoms with Gasteiger partial charge in [-0.15, -0.1) is 0 Å². The summed E-state index contributed by atoms with van der Waals surface area (Å²) in [5.41, 5.74) is 2.48. The summed E-state index contributed by atoms with van der Waals surface area (Å²) in [6.45, 7) is 0.617. The molecule has 0 aromatic heterocycles. The van der Waals surface area contributed by atoms with Gasteiger partial charge in [0.25, 0.3) is 0 Å². The quantitative estimate of drug-likeness (QED) is 0.904. The Morgan fingerprint density at radius 2 is 1.80 bits per heavy atom. The molecule has 20 heavy (non-hydrogen) atoms. The standard InChI is InChI=1S/C16H16N2O2/c1-19-15-6-4-3-5-13(15)11-18-14-8-7-12(10-17)9-16(14)20-2/h3-9,18H,11H2,1-2H3. The van der Waals surface area contributed by atoms with Crippen LogP contribution >= 0.6 is 0 Å². The molecule has 0 bridgehead atoms. The van der Waals surface area contributed by atoms with Gasteiger partial charge < -0.3 is 14.8 Å². The lowest BCUT2D eigenvalue weighted by Gasteiger charge is -2.13. The fraction of sp³-hybridized carbons (Fsp3) is 0.188. The van der Waals surface area contributed by atoms with Crippen LogP contribution in [0.5, 0.6) is 11.5 Å². The van der Waals surface area contributed by atoms with E-state index in [1.807, 2.05) is 30.3 Å². The smallest absolute Gasteiger partial charge is 0.143 e. The van der Waals surface area contributed by atoms with Gasteiger partial charge in [-0.2, -0.15) is 5.26 Å². The maximum atomic E-state index is 8.88. The minimum absolute atomic E-state index is 0.574. The summed E-state index contributed by atoms with van der Waals surface area (Å²) in [5, 5.41) is 12.2. The van der Waals surface area contributed by atoms with Crippen molar-refractivity contribution in [3.63, 3.8) is 0 Å². The summed E-state index contributed by atoms with van der Waals surface area (Å²) < 4.78 is 10.6. The molecule has 0 amide bonds. The lowest BCUT2D eigenvalue weighted by atomic mass is 10.1. The van der Waals surface area contributed by atoms with E-state index < -0.39 is 0 Å². The van der Waals surface area contributed by atoms with Crippen LogP contribution in [0.15, 0.2) is 42.5 Å². The van der Waals surface area contributed by atoms with Gasteiger partial charge in [-0.1, -0.05) is 18.2 Å². The molecule has 2 aromatic rings. The fourth-order valence-electron chi connectivity index (χ4n) is 1.95. The number of nitrogens with zero attached hydrogens (tertiary/aromatic N) is 1. The minimum atomic E-state index is 0.574. The lowest BCUT2D eigenvalue weighted by molar-refractivity contribution is 0.409. The number of para-hydroxylation sites is 1. The second-order valence-corrected chi connectivity index (χ2v) is 4.19. The molecule has 2 rings (SSSR count). The molecule has 0 radical (unpaired) electrons. The van der Waals surface area contributed by atoms with Crippen molar-refractivity contribution in [2.45, 2.75) is 6.54 Å². The Labute approximate surface area is 118 Å². The van der Waals surface area contributed by atoms with Gasteiger partial charge in [-0.05, 0) is 18.2 Å². The highest BCUT2D eigenvalue weighted by Crippen LogP contribution is 2.27. The SMILES string of the molecule is COc1ccccc1CNc1ccc(C#N)cc1OC. The van der Waals surface area contributed by atoms with Crippen LogP contribution in [0, 0.1) is 11.3 Å². The molecule has 4 heteroatoms. The van der Waals surface area contributed by atoms with Gasteiger partial charge in [0.05, 0.1) is 31.5 Å². The number of hydrogen-bond acceptors (Lipinski definition) is 4. The third-order valence-corrected chi connectivity index (χ3v) is 2.99. The molecule has 0 saturated heterocycles. The predicted molar refractivity (Wildman–Crippen MR) is 78.0 cm³/mol. The van der Waals surface area contributed by atoms with E-state index in [2.05, 4.69) is 11.4 Å². The highest BCUT2D eigenvalue weighted by atomic mass is 16.5. The second kappa shape index (κ2) is 6.48. The molecule has 0 fully saturated rings. The van der Waals surface area contributed by atoms with E-state index in [9.17, 15) is 0 Å². The predicted octanol–water partition coefficient (Wildman–Crippen LogP) is 3.19. The van der Waals surface area contributed by atoms with Crippen molar-refractivity contribution in [2.75, 3.05) is 19.5 Å². The Morgan fingerprint density at radius 1 is 1.05 bits per heavy atom. The van der Waals surface area contributed by atoms with Crippen molar-refractivity contribution >= 4 is 5.69 Å². The molecule has 0 spiro atoms. The Morgan fingerprint density at radius 3 is 2.50 bits per heavy atom. The van der Waals surface area contributed by atoms with Crippen LogP contribution in [0.1, 0.15) is 11.1 Å². The second-order valence-electron chi connectivity index (χ2n) is 4.19. The van der Waals surface area contributed by atoms with Gasteiger partial charge in [0.2, 0.25) is 0 Å². The van der Waals surface area contributed by atoms with Crippen molar-refractivity contribution in [2.24, 2.45) is 0 Å². The maximum absolute atomic E-state index is 8.88. The fourth-order valence-corrected chi connectivity index (χ4v) is 1.95. The lowest BCUT2D eigenvalue weighted by Crippen LogP contribution is -2.03. The normalized spacial score (nSPS) is 9.65. The summed E-state index contributed by atoms with van der Waals surface area (Å²) in [7, 11) is 3.24.